The van der Waals surface area contributed by atoms with E-state index in [4.69, 9.17) is 11.6 Å². The molecule has 6 heteroatoms. The molecule has 3 rings (SSSR count). The second kappa shape index (κ2) is 6.22. The van der Waals surface area contributed by atoms with Gasteiger partial charge in [-0.3, -0.25) is 14.9 Å². The van der Waals surface area contributed by atoms with E-state index in [1.807, 2.05) is 0 Å². The monoisotopic (exact) mass is 328 g/mol. The highest BCUT2D eigenvalue weighted by molar-refractivity contribution is 6.30. The fourth-order valence-corrected chi connectivity index (χ4v) is 2.73. The van der Waals surface area contributed by atoms with Crippen LogP contribution in [0.3, 0.4) is 0 Å². The van der Waals surface area contributed by atoms with Gasteiger partial charge in [-0.2, -0.15) is 0 Å². The molecule has 0 bridgehead atoms. The average Bonchev–Trinajstić information content (AvgIpc) is 2.52. The van der Waals surface area contributed by atoms with Crippen LogP contribution in [0.2, 0.25) is 5.02 Å². The molecule has 4 amide bonds. The number of amides is 4. The zero-order valence-electron chi connectivity index (χ0n) is 12.0. The summed E-state index contributed by atoms with van der Waals surface area (Å²) >= 11 is 5.93. The van der Waals surface area contributed by atoms with Crippen LogP contribution in [0.1, 0.15) is 5.56 Å². The lowest BCUT2D eigenvalue weighted by Crippen LogP contribution is -2.58. The van der Waals surface area contributed by atoms with Gasteiger partial charge in [0.05, 0.1) is 5.69 Å². The number of hydrogen-bond donors (Lipinski definition) is 1. The van der Waals surface area contributed by atoms with Crippen LogP contribution < -0.4 is 10.2 Å². The Bertz CT molecular complexity index is 776. The Morgan fingerprint density at radius 3 is 2.43 bits per heavy atom. The fraction of sp³-hybridized carbons (Fsp3) is 0.118. The number of anilines is 1. The molecule has 0 aromatic heterocycles. The summed E-state index contributed by atoms with van der Waals surface area (Å²) in [6.07, 6.45) is 0.182. The highest BCUT2D eigenvalue weighted by atomic mass is 35.5. The van der Waals surface area contributed by atoms with Gasteiger partial charge < -0.3 is 0 Å². The van der Waals surface area contributed by atoms with E-state index in [0.717, 1.165) is 10.5 Å². The van der Waals surface area contributed by atoms with E-state index < -0.39 is 23.8 Å². The van der Waals surface area contributed by atoms with Crippen molar-refractivity contribution in [2.75, 3.05) is 4.90 Å². The van der Waals surface area contributed by atoms with Crippen LogP contribution in [0.4, 0.5) is 10.5 Å². The average molecular weight is 329 g/mol. The Balaban J connectivity index is 1.90. The second-order valence-electron chi connectivity index (χ2n) is 5.19. The van der Waals surface area contributed by atoms with E-state index >= 15 is 0 Å². The topological polar surface area (TPSA) is 66.5 Å². The molecule has 0 radical (unpaired) electrons. The van der Waals surface area contributed by atoms with E-state index in [0.29, 0.717) is 10.7 Å². The molecule has 5 nitrogen and oxygen atoms in total. The normalized spacial score (nSPS) is 18.0. The summed E-state index contributed by atoms with van der Waals surface area (Å²) in [5, 5.41) is 2.77. The lowest BCUT2D eigenvalue weighted by molar-refractivity contribution is -0.134. The number of carbonyl (C=O) groups excluding carboxylic acids is 3. The first-order valence-electron chi connectivity index (χ1n) is 7.04. The van der Waals surface area contributed by atoms with Crippen molar-refractivity contribution in [2.45, 2.75) is 6.42 Å². The number of nitrogens with one attached hydrogen (secondary N) is 1. The minimum absolute atomic E-state index is 0.182. The Kier molecular flexibility index (Phi) is 4.12. The second-order valence-corrected chi connectivity index (χ2v) is 5.63. The number of barbiturate groups is 1. The first-order valence-corrected chi connectivity index (χ1v) is 7.42. The van der Waals surface area contributed by atoms with Crippen molar-refractivity contribution >= 4 is 35.1 Å². The number of nitrogens with zero attached hydrogens (tertiary/aromatic N) is 1. The van der Waals surface area contributed by atoms with E-state index in [-0.39, 0.29) is 6.42 Å². The SMILES string of the molecule is O=C1NC(=O)N(c2ccccc2)C(=O)[C@H]1Cc1cccc(Cl)c1. The molecule has 116 valence electrons. The van der Waals surface area contributed by atoms with Crippen molar-refractivity contribution in [2.24, 2.45) is 5.92 Å². The molecule has 1 atom stereocenters. The maximum absolute atomic E-state index is 12.6. The molecule has 0 spiro atoms. The van der Waals surface area contributed by atoms with Crippen molar-refractivity contribution < 1.29 is 14.4 Å². The number of imide groups is 2. The Morgan fingerprint density at radius 2 is 1.74 bits per heavy atom. The number of rotatable bonds is 3. The Labute approximate surface area is 137 Å². The van der Waals surface area contributed by atoms with E-state index in [1.165, 1.54) is 0 Å². The molecular weight excluding hydrogens is 316 g/mol. The molecule has 2 aromatic carbocycles. The van der Waals surface area contributed by atoms with Crippen molar-refractivity contribution in [1.82, 2.24) is 5.32 Å². The van der Waals surface area contributed by atoms with Crippen LogP contribution in [-0.4, -0.2) is 17.8 Å². The third kappa shape index (κ3) is 3.10. The van der Waals surface area contributed by atoms with Gasteiger partial charge in [0.2, 0.25) is 11.8 Å². The standard InChI is InChI=1S/C17H13ClN2O3/c18-12-6-4-5-11(9-12)10-14-15(21)19-17(23)20(16(14)22)13-7-2-1-3-8-13/h1-9,14H,10H2,(H,19,21,23)/t14-/m0/s1. The Morgan fingerprint density at radius 1 is 1.00 bits per heavy atom. The quantitative estimate of drug-likeness (QED) is 0.881. The molecule has 0 unspecified atom stereocenters. The highest BCUT2D eigenvalue weighted by Crippen LogP contribution is 2.23. The third-order valence-corrected chi connectivity index (χ3v) is 3.85. The molecule has 1 aliphatic heterocycles. The van der Waals surface area contributed by atoms with E-state index in [9.17, 15) is 14.4 Å². The lowest BCUT2D eigenvalue weighted by atomic mass is 9.95. The smallest absolute Gasteiger partial charge is 0.277 e. The molecule has 23 heavy (non-hydrogen) atoms. The summed E-state index contributed by atoms with van der Waals surface area (Å²) in [7, 11) is 0. The van der Waals surface area contributed by atoms with Gasteiger partial charge >= 0.3 is 6.03 Å². The van der Waals surface area contributed by atoms with Crippen LogP contribution in [0.15, 0.2) is 54.6 Å². The Hall–Kier alpha value is -2.66. The van der Waals surface area contributed by atoms with Gasteiger partial charge in [-0.25, -0.2) is 9.69 Å². The van der Waals surface area contributed by atoms with Crippen LogP contribution in [0, 0.1) is 5.92 Å². The molecule has 1 fully saturated rings. The van der Waals surface area contributed by atoms with E-state index in [1.54, 1.807) is 54.6 Å². The first-order chi connectivity index (χ1) is 11.1. The summed E-state index contributed by atoms with van der Waals surface area (Å²) in [5.41, 5.74) is 1.19. The van der Waals surface area contributed by atoms with Gasteiger partial charge in [0.15, 0.2) is 0 Å². The zero-order valence-corrected chi connectivity index (χ0v) is 12.8. The van der Waals surface area contributed by atoms with Gasteiger partial charge in [0, 0.05) is 5.02 Å². The predicted molar refractivity (Wildman–Crippen MR) is 86.1 cm³/mol. The molecule has 1 aliphatic rings. The molecule has 0 aliphatic carbocycles. The van der Waals surface area contributed by atoms with Crippen molar-refractivity contribution in [1.29, 1.82) is 0 Å². The van der Waals surface area contributed by atoms with Gasteiger partial charge in [-0.1, -0.05) is 41.9 Å². The minimum Gasteiger partial charge on any atom is -0.277 e. The van der Waals surface area contributed by atoms with Crippen LogP contribution in [0.5, 0.6) is 0 Å². The fourth-order valence-electron chi connectivity index (χ4n) is 2.52. The maximum Gasteiger partial charge on any atom is 0.335 e. The van der Waals surface area contributed by atoms with Crippen molar-refractivity contribution in [3.05, 3.63) is 65.2 Å². The number of benzene rings is 2. The summed E-state index contributed by atoms with van der Waals surface area (Å²) < 4.78 is 0. The zero-order chi connectivity index (χ0) is 16.4. The number of carbonyl (C=O) groups is 3. The van der Waals surface area contributed by atoms with Crippen molar-refractivity contribution in [3.63, 3.8) is 0 Å². The van der Waals surface area contributed by atoms with Gasteiger partial charge in [-0.05, 0) is 36.2 Å². The van der Waals surface area contributed by atoms with Crippen LogP contribution in [0.25, 0.3) is 0 Å². The summed E-state index contributed by atoms with van der Waals surface area (Å²) in [6, 6.07) is 14.7. The highest BCUT2D eigenvalue weighted by Gasteiger charge is 2.41. The minimum atomic E-state index is -0.966. The molecule has 0 saturated carbocycles. The van der Waals surface area contributed by atoms with Crippen LogP contribution in [-0.2, 0) is 16.0 Å². The number of halogens is 1. The number of para-hydroxylation sites is 1. The molecule has 1 N–H and O–H groups in total. The molecular formula is C17H13ClN2O3. The molecule has 1 saturated heterocycles. The lowest BCUT2D eigenvalue weighted by Gasteiger charge is -2.30. The summed E-state index contributed by atoms with van der Waals surface area (Å²) in [5.74, 6) is -2.09. The number of urea groups is 1. The van der Waals surface area contributed by atoms with Gasteiger partial charge in [-0.15, -0.1) is 0 Å². The summed E-state index contributed by atoms with van der Waals surface area (Å²) in [4.78, 5) is 37.7. The van der Waals surface area contributed by atoms with E-state index in [2.05, 4.69) is 5.32 Å². The maximum atomic E-state index is 12.6. The van der Waals surface area contributed by atoms with Gasteiger partial charge in [0.25, 0.3) is 0 Å². The molecule has 2 aromatic rings. The molecule has 1 heterocycles. The van der Waals surface area contributed by atoms with Gasteiger partial charge in [0.1, 0.15) is 5.92 Å². The largest absolute Gasteiger partial charge is 0.335 e. The van der Waals surface area contributed by atoms with Crippen LogP contribution >= 0.6 is 11.6 Å². The predicted octanol–water partition coefficient (Wildman–Crippen LogP) is 2.78. The summed E-state index contributed by atoms with van der Waals surface area (Å²) in [6.45, 7) is 0. The first kappa shape index (κ1) is 15.2. The van der Waals surface area contributed by atoms with Crippen molar-refractivity contribution in [3.8, 4) is 0 Å². The number of hydrogen-bond acceptors (Lipinski definition) is 3. The third-order valence-electron chi connectivity index (χ3n) is 3.61.